The van der Waals surface area contributed by atoms with Gasteiger partial charge in [0.2, 0.25) is 11.5 Å². The van der Waals surface area contributed by atoms with Crippen LogP contribution < -0.4 is 20.3 Å². The minimum atomic E-state index is -0.276. The molecule has 1 fully saturated rings. The smallest absolute Gasteiger partial charge is 0.297 e. The van der Waals surface area contributed by atoms with Crippen LogP contribution in [0, 0.1) is 0 Å². The first-order valence-corrected chi connectivity index (χ1v) is 12.2. The van der Waals surface area contributed by atoms with E-state index in [1.165, 1.54) is 18.9 Å². The van der Waals surface area contributed by atoms with Crippen molar-refractivity contribution in [3.63, 3.8) is 0 Å². The molecule has 1 unspecified atom stereocenters. The first-order valence-electron chi connectivity index (χ1n) is 11.3. The van der Waals surface area contributed by atoms with E-state index in [4.69, 9.17) is 23.6 Å². The first kappa shape index (κ1) is 23.3. The number of fused-ring (bicyclic) bond motifs is 3. The number of carbonyl (C=O) groups excluding carboxylic acids is 1. The molecule has 2 aromatic carbocycles. The van der Waals surface area contributed by atoms with Gasteiger partial charge in [-0.15, -0.1) is 0 Å². The Bertz CT molecular complexity index is 1440. The highest BCUT2D eigenvalue weighted by Crippen LogP contribution is 2.30. The second kappa shape index (κ2) is 10.0. The van der Waals surface area contributed by atoms with Crippen LogP contribution in [0.4, 0.5) is 5.69 Å². The summed E-state index contributed by atoms with van der Waals surface area (Å²) in [4.78, 5) is 31.0. The fourth-order valence-electron chi connectivity index (χ4n) is 4.13. The van der Waals surface area contributed by atoms with Crippen LogP contribution in [0.2, 0.25) is 0 Å². The number of benzene rings is 2. The number of para-hydroxylation sites is 1. The minimum absolute atomic E-state index is 0.0500. The summed E-state index contributed by atoms with van der Waals surface area (Å²) in [5, 5.41) is 4.06. The number of hydrogen-bond donors (Lipinski definition) is 1. The number of nitrogens with one attached hydrogen (secondary N) is 1. The van der Waals surface area contributed by atoms with Crippen LogP contribution in [0.1, 0.15) is 12.8 Å². The zero-order chi connectivity index (χ0) is 24.4. The van der Waals surface area contributed by atoms with Crippen molar-refractivity contribution in [2.45, 2.75) is 30.6 Å². The predicted molar refractivity (Wildman–Crippen MR) is 134 cm³/mol. The van der Waals surface area contributed by atoms with Gasteiger partial charge >= 0.3 is 0 Å². The molecule has 10 heteroatoms. The maximum absolute atomic E-state index is 13.4. The third-order valence-corrected chi connectivity index (χ3v) is 6.85. The van der Waals surface area contributed by atoms with Crippen molar-refractivity contribution < 1.29 is 23.4 Å². The Kier molecular flexibility index (Phi) is 6.65. The summed E-state index contributed by atoms with van der Waals surface area (Å²) >= 11 is 1.20. The Balaban J connectivity index is 1.43. The normalized spacial score (nSPS) is 15.5. The molecule has 4 aromatic rings. The van der Waals surface area contributed by atoms with Crippen LogP contribution in [-0.4, -0.2) is 48.1 Å². The molecule has 0 spiro atoms. The van der Waals surface area contributed by atoms with Crippen molar-refractivity contribution in [3.05, 3.63) is 52.8 Å². The van der Waals surface area contributed by atoms with Crippen LogP contribution >= 0.6 is 11.8 Å². The summed E-state index contributed by atoms with van der Waals surface area (Å²) in [7, 11) is 3.09. The molecule has 0 radical (unpaired) electrons. The molecule has 5 rings (SSSR count). The van der Waals surface area contributed by atoms with Gasteiger partial charge in [-0.25, -0.2) is 4.98 Å². The molecule has 0 aliphatic carbocycles. The number of nitrogens with zero attached hydrogens (tertiary/aromatic N) is 2. The summed E-state index contributed by atoms with van der Waals surface area (Å²) in [5.41, 5.74) is 1.55. The number of rotatable bonds is 8. The van der Waals surface area contributed by atoms with Gasteiger partial charge in [-0.2, -0.15) is 0 Å². The number of hydrogen-bond acceptors (Lipinski definition) is 8. The monoisotopic (exact) mass is 495 g/mol. The predicted octanol–water partition coefficient (Wildman–Crippen LogP) is 4.07. The summed E-state index contributed by atoms with van der Waals surface area (Å²) in [6.07, 6.45) is 1.74. The largest absolute Gasteiger partial charge is 0.497 e. The number of carbonyl (C=O) groups is 1. The molecule has 3 heterocycles. The Hall–Kier alpha value is -3.50. The maximum Gasteiger partial charge on any atom is 0.297 e. The van der Waals surface area contributed by atoms with Gasteiger partial charge in [0.25, 0.3) is 5.56 Å². The molecule has 1 atom stereocenters. The van der Waals surface area contributed by atoms with E-state index in [-0.39, 0.29) is 28.9 Å². The van der Waals surface area contributed by atoms with Crippen molar-refractivity contribution in [3.8, 4) is 11.5 Å². The Morgan fingerprint density at radius 3 is 2.86 bits per heavy atom. The average Bonchev–Trinajstić information content (AvgIpc) is 3.53. The molecule has 1 amide bonds. The quantitative estimate of drug-likeness (QED) is 0.288. The topological polar surface area (TPSA) is 105 Å². The zero-order valence-electron chi connectivity index (χ0n) is 19.4. The molecule has 1 aliphatic rings. The van der Waals surface area contributed by atoms with E-state index in [0.717, 1.165) is 18.2 Å². The average molecular weight is 496 g/mol. The molecule has 0 bridgehead atoms. The van der Waals surface area contributed by atoms with Crippen LogP contribution in [0.25, 0.3) is 22.1 Å². The molecule has 182 valence electrons. The fraction of sp³-hybridized carbons (Fsp3) is 0.320. The molecule has 9 nitrogen and oxygen atoms in total. The van der Waals surface area contributed by atoms with E-state index < -0.39 is 0 Å². The molecule has 0 saturated carbocycles. The van der Waals surface area contributed by atoms with Crippen LogP contribution in [0.3, 0.4) is 0 Å². The van der Waals surface area contributed by atoms with Gasteiger partial charge < -0.3 is 23.9 Å². The summed E-state index contributed by atoms with van der Waals surface area (Å²) in [5.74, 6) is 0.905. The number of aromatic nitrogens is 2. The first-order chi connectivity index (χ1) is 17.1. The fourth-order valence-corrected chi connectivity index (χ4v) is 4.94. The summed E-state index contributed by atoms with van der Waals surface area (Å²) < 4.78 is 23.7. The lowest BCUT2D eigenvalue weighted by Gasteiger charge is -2.15. The van der Waals surface area contributed by atoms with Crippen molar-refractivity contribution in [2.24, 2.45) is 0 Å². The number of anilines is 1. The Morgan fingerprint density at radius 1 is 1.23 bits per heavy atom. The number of ether oxygens (including phenoxy) is 3. The number of amides is 1. The molecule has 1 saturated heterocycles. The van der Waals surface area contributed by atoms with Crippen molar-refractivity contribution >= 4 is 45.4 Å². The summed E-state index contributed by atoms with van der Waals surface area (Å²) in [6, 6.07) is 12.6. The highest BCUT2D eigenvalue weighted by atomic mass is 32.2. The van der Waals surface area contributed by atoms with E-state index in [0.29, 0.717) is 46.6 Å². The molecule has 2 aromatic heterocycles. The summed E-state index contributed by atoms with van der Waals surface area (Å²) in [6.45, 7) is 1.03. The standard InChI is InChI=1S/C25H25N3O6S/c1-31-15-9-10-18(20(12-15)32-2)26-21(29)14-35-25-27-22-17-7-3-4-8-19(17)34-23(22)24(30)28(25)13-16-6-5-11-33-16/h3-4,7-10,12,16H,5-6,11,13-14H2,1-2H3,(H,26,29). The van der Waals surface area contributed by atoms with Crippen LogP contribution in [0.5, 0.6) is 11.5 Å². The van der Waals surface area contributed by atoms with E-state index in [1.807, 2.05) is 24.3 Å². The van der Waals surface area contributed by atoms with Crippen molar-refractivity contribution in [2.75, 3.05) is 31.9 Å². The van der Waals surface area contributed by atoms with E-state index in [2.05, 4.69) is 5.32 Å². The Morgan fingerprint density at radius 2 is 2.09 bits per heavy atom. The third kappa shape index (κ3) is 4.71. The second-order valence-corrected chi connectivity index (χ2v) is 9.07. The lowest BCUT2D eigenvalue weighted by atomic mass is 10.2. The number of methoxy groups -OCH3 is 2. The third-order valence-electron chi connectivity index (χ3n) is 5.87. The lowest BCUT2D eigenvalue weighted by Crippen LogP contribution is -2.29. The maximum atomic E-state index is 13.4. The van der Waals surface area contributed by atoms with Gasteiger partial charge in [-0.05, 0) is 37.1 Å². The second-order valence-electron chi connectivity index (χ2n) is 8.12. The number of furan rings is 1. The molecular weight excluding hydrogens is 470 g/mol. The van der Waals surface area contributed by atoms with Gasteiger partial charge in [0.1, 0.15) is 22.6 Å². The van der Waals surface area contributed by atoms with Crippen molar-refractivity contribution in [1.82, 2.24) is 9.55 Å². The van der Waals surface area contributed by atoms with E-state index in [1.54, 1.807) is 29.9 Å². The minimum Gasteiger partial charge on any atom is -0.497 e. The van der Waals surface area contributed by atoms with Gasteiger partial charge in [-0.3, -0.25) is 14.2 Å². The lowest BCUT2D eigenvalue weighted by molar-refractivity contribution is -0.113. The highest BCUT2D eigenvalue weighted by molar-refractivity contribution is 7.99. The van der Waals surface area contributed by atoms with Crippen LogP contribution in [0.15, 0.2) is 56.8 Å². The Labute approximate surface area is 205 Å². The zero-order valence-corrected chi connectivity index (χ0v) is 20.2. The van der Waals surface area contributed by atoms with Gasteiger partial charge in [-0.1, -0.05) is 23.9 Å². The number of thioether (sulfide) groups is 1. The van der Waals surface area contributed by atoms with Gasteiger partial charge in [0.05, 0.1) is 38.3 Å². The van der Waals surface area contributed by atoms with E-state index >= 15 is 0 Å². The molecule has 1 aliphatic heterocycles. The van der Waals surface area contributed by atoms with Gasteiger partial charge in [0.15, 0.2) is 5.16 Å². The molecular formula is C25H25N3O6S. The molecule has 1 N–H and O–H groups in total. The van der Waals surface area contributed by atoms with Crippen LogP contribution in [-0.2, 0) is 16.1 Å². The SMILES string of the molecule is COc1ccc(NC(=O)CSc2nc3c(oc4ccccc43)c(=O)n2CC2CCCO2)c(OC)c1. The van der Waals surface area contributed by atoms with Gasteiger partial charge in [0, 0.05) is 18.1 Å². The molecule has 35 heavy (non-hydrogen) atoms. The highest BCUT2D eigenvalue weighted by Gasteiger charge is 2.23. The van der Waals surface area contributed by atoms with Crippen molar-refractivity contribution in [1.29, 1.82) is 0 Å². The van der Waals surface area contributed by atoms with E-state index in [9.17, 15) is 9.59 Å².